The second-order valence-corrected chi connectivity index (χ2v) is 5.93. The molecule has 0 fully saturated rings. The van der Waals surface area contributed by atoms with Crippen LogP contribution in [0.5, 0.6) is 0 Å². The van der Waals surface area contributed by atoms with Gasteiger partial charge in [-0.15, -0.1) is 0 Å². The lowest BCUT2D eigenvalue weighted by molar-refractivity contribution is 0.615. The summed E-state index contributed by atoms with van der Waals surface area (Å²) < 4.78 is 1.28. The van der Waals surface area contributed by atoms with Crippen LogP contribution in [0.1, 0.15) is 48.4 Å². The van der Waals surface area contributed by atoms with Crippen LogP contribution in [0.2, 0.25) is 0 Å². The molecule has 0 bridgehead atoms. The molecular weight excluding hydrogens is 286 g/mol. The fraction of sp³-hybridized carbons (Fsp3) is 0.625. The molecule has 1 aromatic carbocycles. The molecule has 18 heavy (non-hydrogen) atoms. The summed E-state index contributed by atoms with van der Waals surface area (Å²) in [6, 6.07) is 2.29. The van der Waals surface area contributed by atoms with Crippen molar-refractivity contribution in [1.29, 1.82) is 0 Å². The van der Waals surface area contributed by atoms with E-state index in [1.165, 1.54) is 52.4 Å². The Morgan fingerprint density at radius 1 is 1.06 bits per heavy atom. The highest BCUT2D eigenvalue weighted by Crippen LogP contribution is 2.27. The van der Waals surface area contributed by atoms with Gasteiger partial charge in [-0.2, -0.15) is 0 Å². The van der Waals surface area contributed by atoms with Gasteiger partial charge < -0.3 is 5.32 Å². The van der Waals surface area contributed by atoms with Gasteiger partial charge in [-0.05, 0) is 81.8 Å². The molecule has 0 heterocycles. The van der Waals surface area contributed by atoms with Crippen molar-refractivity contribution >= 4 is 15.9 Å². The first-order valence-corrected chi connectivity index (χ1v) is 7.83. The highest BCUT2D eigenvalue weighted by atomic mass is 79.9. The van der Waals surface area contributed by atoms with Crippen molar-refractivity contribution in [3.8, 4) is 0 Å². The minimum atomic E-state index is 1.15. The fourth-order valence-electron chi connectivity index (χ4n) is 2.44. The van der Waals surface area contributed by atoms with Gasteiger partial charge in [0, 0.05) is 4.47 Å². The van der Waals surface area contributed by atoms with E-state index in [9.17, 15) is 0 Å². The van der Waals surface area contributed by atoms with E-state index in [1.807, 2.05) is 0 Å². The Hall–Kier alpha value is -0.340. The molecule has 0 spiro atoms. The molecule has 0 unspecified atom stereocenters. The highest BCUT2D eigenvalue weighted by molar-refractivity contribution is 9.10. The first-order valence-electron chi connectivity index (χ1n) is 7.03. The number of aryl methyl sites for hydroxylation is 2. The molecule has 0 aromatic heterocycles. The van der Waals surface area contributed by atoms with Crippen LogP contribution in [0.15, 0.2) is 10.5 Å². The van der Waals surface area contributed by atoms with Crippen LogP contribution in [0.3, 0.4) is 0 Å². The molecule has 0 radical (unpaired) electrons. The molecule has 2 heteroatoms. The average Bonchev–Trinajstić information content (AvgIpc) is 2.34. The maximum atomic E-state index is 3.69. The molecule has 1 nitrogen and oxygen atoms in total. The number of rotatable bonds is 7. The van der Waals surface area contributed by atoms with Crippen LogP contribution in [0.25, 0.3) is 0 Å². The van der Waals surface area contributed by atoms with Gasteiger partial charge in [0.1, 0.15) is 0 Å². The van der Waals surface area contributed by atoms with Crippen LogP contribution >= 0.6 is 15.9 Å². The number of hydrogen-bond acceptors (Lipinski definition) is 1. The molecule has 0 atom stereocenters. The van der Waals surface area contributed by atoms with Crippen LogP contribution in [-0.4, -0.2) is 13.1 Å². The molecule has 102 valence electrons. The Kier molecular flexibility index (Phi) is 6.95. The van der Waals surface area contributed by atoms with E-state index in [1.54, 1.807) is 0 Å². The van der Waals surface area contributed by atoms with Crippen LogP contribution < -0.4 is 5.32 Å². The molecule has 1 N–H and O–H groups in total. The minimum Gasteiger partial charge on any atom is -0.317 e. The lowest BCUT2D eigenvalue weighted by Gasteiger charge is -2.14. The third-order valence-electron chi connectivity index (χ3n) is 3.49. The Morgan fingerprint density at radius 2 is 1.78 bits per heavy atom. The topological polar surface area (TPSA) is 12.0 Å². The predicted molar refractivity (Wildman–Crippen MR) is 84.5 cm³/mol. The number of halogens is 1. The number of unbranched alkanes of at least 4 members (excludes halogenated alkanes) is 1. The minimum absolute atomic E-state index is 1.15. The Balaban J connectivity index is 2.50. The number of benzene rings is 1. The second-order valence-electron chi connectivity index (χ2n) is 5.14. The third kappa shape index (κ3) is 4.40. The smallest absolute Gasteiger partial charge is 0.0236 e. The maximum absolute atomic E-state index is 3.69. The molecule has 0 saturated carbocycles. The zero-order valence-corrected chi connectivity index (χ0v) is 13.8. The summed E-state index contributed by atoms with van der Waals surface area (Å²) in [7, 11) is 0. The van der Waals surface area contributed by atoms with Crippen molar-refractivity contribution < 1.29 is 0 Å². The van der Waals surface area contributed by atoms with Crippen molar-refractivity contribution in [2.45, 2.75) is 53.4 Å². The maximum Gasteiger partial charge on any atom is 0.0236 e. The van der Waals surface area contributed by atoms with Crippen molar-refractivity contribution in [1.82, 2.24) is 5.32 Å². The van der Waals surface area contributed by atoms with Crippen molar-refractivity contribution in [3.63, 3.8) is 0 Å². The van der Waals surface area contributed by atoms with Gasteiger partial charge in [-0.25, -0.2) is 0 Å². The zero-order chi connectivity index (χ0) is 13.5. The quantitative estimate of drug-likeness (QED) is 0.720. The van der Waals surface area contributed by atoms with Crippen molar-refractivity contribution in [2.75, 3.05) is 13.1 Å². The summed E-state index contributed by atoms with van der Waals surface area (Å²) in [5.41, 5.74) is 5.74. The van der Waals surface area contributed by atoms with Gasteiger partial charge >= 0.3 is 0 Å². The molecule has 0 saturated heterocycles. The van der Waals surface area contributed by atoms with Gasteiger partial charge in [-0.1, -0.05) is 28.9 Å². The van der Waals surface area contributed by atoms with E-state index < -0.39 is 0 Å². The number of hydrogen-bond donors (Lipinski definition) is 1. The molecule has 0 aliphatic heterocycles. The van der Waals surface area contributed by atoms with Crippen LogP contribution in [0, 0.1) is 20.8 Å². The van der Waals surface area contributed by atoms with E-state index >= 15 is 0 Å². The molecule has 1 aromatic rings. The largest absolute Gasteiger partial charge is 0.317 e. The normalized spacial score (nSPS) is 10.9. The first-order chi connectivity index (χ1) is 8.57. The van der Waals surface area contributed by atoms with E-state index in [4.69, 9.17) is 0 Å². The van der Waals surface area contributed by atoms with E-state index in [-0.39, 0.29) is 0 Å². The zero-order valence-electron chi connectivity index (χ0n) is 12.2. The van der Waals surface area contributed by atoms with E-state index in [0.29, 0.717) is 0 Å². The third-order valence-corrected chi connectivity index (χ3v) is 4.71. The number of nitrogens with one attached hydrogen (secondary N) is 1. The summed E-state index contributed by atoms with van der Waals surface area (Å²) in [4.78, 5) is 0. The summed E-state index contributed by atoms with van der Waals surface area (Å²) in [5.74, 6) is 0. The monoisotopic (exact) mass is 311 g/mol. The van der Waals surface area contributed by atoms with Gasteiger partial charge in [0.15, 0.2) is 0 Å². The molecule has 1 rings (SSSR count). The molecule has 0 aliphatic carbocycles. The predicted octanol–water partition coefficient (Wildman–Crippen LogP) is 4.70. The summed E-state index contributed by atoms with van der Waals surface area (Å²) in [6.07, 6.45) is 4.96. The molecular formula is C16H26BrN. The van der Waals surface area contributed by atoms with E-state index in [0.717, 1.165) is 13.1 Å². The molecule has 0 amide bonds. The lowest BCUT2D eigenvalue weighted by Crippen LogP contribution is -2.16. The van der Waals surface area contributed by atoms with Crippen LogP contribution in [0.4, 0.5) is 0 Å². The summed E-state index contributed by atoms with van der Waals surface area (Å²) in [6.45, 7) is 11.1. The van der Waals surface area contributed by atoms with Crippen molar-refractivity contribution in [3.05, 3.63) is 32.8 Å². The second kappa shape index (κ2) is 7.96. The SMILES string of the molecule is CCCNCCCCc1c(C)cc(C)c(Br)c1C. The standard InChI is InChI=1S/C16H26BrN/c1-5-9-18-10-7-6-8-15-12(2)11-13(3)16(17)14(15)4/h11,18H,5-10H2,1-4H3. The summed E-state index contributed by atoms with van der Waals surface area (Å²) in [5, 5.41) is 3.46. The first kappa shape index (κ1) is 15.7. The van der Waals surface area contributed by atoms with Gasteiger partial charge in [0.25, 0.3) is 0 Å². The Bertz CT molecular complexity index is 385. The Labute approximate surface area is 120 Å². The van der Waals surface area contributed by atoms with Gasteiger partial charge in [-0.3, -0.25) is 0 Å². The van der Waals surface area contributed by atoms with Crippen molar-refractivity contribution in [2.24, 2.45) is 0 Å². The average molecular weight is 312 g/mol. The summed E-state index contributed by atoms with van der Waals surface area (Å²) >= 11 is 3.69. The van der Waals surface area contributed by atoms with Gasteiger partial charge in [0.05, 0.1) is 0 Å². The fourth-order valence-corrected chi connectivity index (χ4v) is 2.79. The molecule has 0 aliphatic rings. The lowest BCUT2D eigenvalue weighted by atomic mass is 9.95. The Morgan fingerprint density at radius 3 is 2.44 bits per heavy atom. The van der Waals surface area contributed by atoms with E-state index in [2.05, 4.69) is 55.0 Å². The van der Waals surface area contributed by atoms with Gasteiger partial charge in [0.2, 0.25) is 0 Å². The highest BCUT2D eigenvalue weighted by Gasteiger charge is 2.08. The van der Waals surface area contributed by atoms with Crippen LogP contribution in [-0.2, 0) is 6.42 Å².